The molecule has 1 aliphatic heterocycles. The predicted molar refractivity (Wildman–Crippen MR) is 73.9 cm³/mol. The number of rotatable bonds is 2. The Morgan fingerprint density at radius 3 is 2.75 bits per heavy atom. The fraction of sp³-hybridized carbons (Fsp3) is 0.467. The predicted octanol–water partition coefficient (Wildman–Crippen LogP) is 1.87. The zero-order valence-corrected chi connectivity index (χ0v) is 11.8. The Hall–Kier alpha value is -1.91. The van der Waals surface area contributed by atoms with Gasteiger partial charge in [0.05, 0.1) is 0 Å². The summed E-state index contributed by atoms with van der Waals surface area (Å²) in [7, 11) is 1.57. The summed E-state index contributed by atoms with van der Waals surface area (Å²) in [5.74, 6) is -0.700. The third-order valence-electron chi connectivity index (χ3n) is 3.73. The summed E-state index contributed by atoms with van der Waals surface area (Å²) in [6.45, 7) is 2.27. The summed E-state index contributed by atoms with van der Waals surface area (Å²) in [4.78, 5) is 26.1. The maximum Gasteiger partial charge on any atom is 0.254 e. The Morgan fingerprint density at radius 2 is 2.10 bits per heavy atom. The summed E-state index contributed by atoms with van der Waals surface area (Å²) >= 11 is 0. The Labute approximate surface area is 118 Å². The fourth-order valence-corrected chi connectivity index (χ4v) is 2.64. The number of carbonyl (C=O) groups is 2. The van der Waals surface area contributed by atoms with E-state index in [1.807, 2.05) is 0 Å². The molecule has 1 atom stereocenters. The molecule has 1 heterocycles. The topological polar surface area (TPSA) is 49.4 Å². The van der Waals surface area contributed by atoms with Crippen LogP contribution >= 0.6 is 0 Å². The summed E-state index contributed by atoms with van der Waals surface area (Å²) < 4.78 is 13.1. The Morgan fingerprint density at radius 1 is 1.35 bits per heavy atom. The van der Waals surface area contributed by atoms with Crippen LogP contribution in [-0.4, -0.2) is 36.3 Å². The number of aryl methyl sites for hydroxylation is 1. The number of hydrogen-bond acceptors (Lipinski definition) is 2. The number of carbonyl (C=O) groups excluding carboxylic acids is 2. The minimum absolute atomic E-state index is 0.141. The largest absolute Gasteiger partial charge is 0.357 e. The van der Waals surface area contributed by atoms with Gasteiger partial charge in [-0.3, -0.25) is 9.59 Å². The van der Waals surface area contributed by atoms with Gasteiger partial charge in [0, 0.05) is 19.2 Å². The Kier molecular flexibility index (Phi) is 4.37. The van der Waals surface area contributed by atoms with Crippen LogP contribution in [0.25, 0.3) is 0 Å². The highest BCUT2D eigenvalue weighted by molar-refractivity contribution is 5.98. The van der Waals surface area contributed by atoms with Gasteiger partial charge in [0.2, 0.25) is 5.91 Å². The van der Waals surface area contributed by atoms with Gasteiger partial charge in [0.15, 0.2) is 0 Å². The Bertz CT molecular complexity index is 531. The van der Waals surface area contributed by atoms with E-state index < -0.39 is 6.04 Å². The molecule has 0 spiro atoms. The molecule has 4 nitrogen and oxygen atoms in total. The number of amides is 2. The smallest absolute Gasteiger partial charge is 0.254 e. The molecule has 2 rings (SSSR count). The van der Waals surface area contributed by atoms with Crippen molar-refractivity contribution < 1.29 is 14.0 Å². The van der Waals surface area contributed by atoms with Crippen LogP contribution in [0.2, 0.25) is 0 Å². The highest BCUT2D eigenvalue weighted by atomic mass is 19.1. The van der Waals surface area contributed by atoms with Gasteiger partial charge >= 0.3 is 0 Å². The standard InChI is InChI=1S/C15H19FN2O2/c1-10-9-11(16)6-7-12(10)15(20)18-8-4-3-5-13(18)14(19)17-2/h6-7,9,13H,3-5,8H2,1-2H3,(H,17,19). The van der Waals surface area contributed by atoms with E-state index in [-0.39, 0.29) is 17.6 Å². The van der Waals surface area contributed by atoms with Crippen molar-refractivity contribution in [1.29, 1.82) is 0 Å². The first kappa shape index (κ1) is 14.5. The van der Waals surface area contributed by atoms with Crippen LogP contribution in [0.4, 0.5) is 4.39 Å². The van der Waals surface area contributed by atoms with Gasteiger partial charge in [-0.15, -0.1) is 0 Å². The normalized spacial score (nSPS) is 18.8. The third-order valence-corrected chi connectivity index (χ3v) is 3.73. The number of hydrogen-bond donors (Lipinski definition) is 1. The van der Waals surface area contributed by atoms with E-state index in [1.54, 1.807) is 18.9 Å². The molecule has 0 aromatic heterocycles. The number of likely N-dealkylation sites (tertiary alicyclic amines) is 1. The monoisotopic (exact) mass is 278 g/mol. The van der Waals surface area contributed by atoms with Crippen LogP contribution in [0.5, 0.6) is 0 Å². The van der Waals surface area contributed by atoms with Gasteiger partial charge < -0.3 is 10.2 Å². The minimum atomic E-state index is -0.425. The molecule has 0 bridgehead atoms. The van der Waals surface area contributed by atoms with Crippen LogP contribution in [-0.2, 0) is 4.79 Å². The first-order valence-electron chi connectivity index (χ1n) is 6.83. The number of likely N-dealkylation sites (N-methyl/N-ethyl adjacent to an activating group) is 1. The molecule has 1 saturated heterocycles. The van der Waals surface area contributed by atoms with E-state index in [0.717, 1.165) is 12.8 Å². The van der Waals surface area contributed by atoms with Crippen molar-refractivity contribution >= 4 is 11.8 Å². The van der Waals surface area contributed by atoms with Crippen molar-refractivity contribution in [2.24, 2.45) is 0 Å². The molecule has 1 fully saturated rings. The van der Waals surface area contributed by atoms with E-state index >= 15 is 0 Å². The number of benzene rings is 1. The molecule has 2 amide bonds. The quantitative estimate of drug-likeness (QED) is 0.898. The maximum atomic E-state index is 13.1. The average molecular weight is 278 g/mol. The van der Waals surface area contributed by atoms with Crippen molar-refractivity contribution in [1.82, 2.24) is 10.2 Å². The second-order valence-electron chi connectivity index (χ2n) is 5.08. The van der Waals surface area contributed by atoms with Crippen LogP contribution in [0.3, 0.4) is 0 Å². The second kappa shape index (κ2) is 6.03. The lowest BCUT2D eigenvalue weighted by Crippen LogP contribution is -2.51. The van der Waals surface area contributed by atoms with Crippen LogP contribution in [0.15, 0.2) is 18.2 Å². The average Bonchev–Trinajstić information content (AvgIpc) is 2.46. The molecule has 108 valence electrons. The second-order valence-corrected chi connectivity index (χ2v) is 5.08. The van der Waals surface area contributed by atoms with Gasteiger partial charge in [-0.1, -0.05) is 0 Å². The van der Waals surface area contributed by atoms with Gasteiger partial charge in [0.25, 0.3) is 5.91 Å². The van der Waals surface area contributed by atoms with E-state index in [9.17, 15) is 14.0 Å². The number of nitrogens with one attached hydrogen (secondary N) is 1. The molecule has 0 aliphatic carbocycles. The van der Waals surface area contributed by atoms with Gasteiger partial charge in [-0.25, -0.2) is 4.39 Å². The zero-order chi connectivity index (χ0) is 14.7. The SMILES string of the molecule is CNC(=O)C1CCCCN1C(=O)c1ccc(F)cc1C. The molecular weight excluding hydrogens is 259 g/mol. The summed E-state index contributed by atoms with van der Waals surface area (Å²) in [5, 5.41) is 2.60. The van der Waals surface area contributed by atoms with Crippen molar-refractivity contribution in [3.63, 3.8) is 0 Å². The lowest BCUT2D eigenvalue weighted by atomic mass is 9.99. The molecule has 0 saturated carbocycles. The van der Waals surface area contributed by atoms with Crippen molar-refractivity contribution in [3.8, 4) is 0 Å². The molecule has 1 N–H and O–H groups in total. The van der Waals surface area contributed by atoms with Gasteiger partial charge in [-0.05, 0) is 49.9 Å². The lowest BCUT2D eigenvalue weighted by Gasteiger charge is -2.34. The van der Waals surface area contributed by atoms with Crippen molar-refractivity contribution in [3.05, 3.63) is 35.1 Å². The molecular formula is C15H19FN2O2. The zero-order valence-electron chi connectivity index (χ0n) is 11.8. The fourth-order valence-electron chi connectivity index (χ4n) is 2.64. The van der Waals surface area contributed by atoms with E-state index in [0.29, 0.717) is 24.1 Å². The highest BCUT2D eigenvalue weighted by Crippen LogP contribution is 2.21. The molecule has 1 aromatic rings. The van der Waals surface area contributed by atoms with Crippen LogP contribution in [0.1, 0.15) is 35.2 Å². The minimum Gasteiger partial charge on any atom is -0.357 e. The summed E-state index contributed by atoms with van der Waals surface area (Å²) in [6, 6.07) is 3.68. The number of piperidine rings is 1. The molecule has 1 aromatic carbocycles. The number of halogens is 1. The molecule has 20 heavy (non-hydrogen) atoms. The van der Waals surface area contributed by atoms with E-state index in [1.165, 1.54) is 18.2 Å². The molecule has 0 radical (unpaired) electrons. The van der Waals surface area contributed by atoms with Gasteiger partial charge in [-0.2, -0.15) is 0 Å². The highest BCUT2D eigenvalue weighted by Gasteiger charge is 2.32. The summed E-state index contributed by atoms with van der Waals surface area (Å²) in [6.07, 6.45) is 2.50. The molecule has 1 aliphatic rings. The molecule has 5 heteroatoms. The van der Waals surface area contributed by atoms with Crippen molar-refractivity contribution in [2.75, 3.05) is 13.6 Å². The summed E-state index contributed by atoms with van der Waals surface area (Å²) in [5.41, 5.74) is 1.05. The maximum absolute atomic E-state index is 13.1. The van der Waals surface area contributed by atoms with E-state index in [4.69, 9.17) is 0 Å². The van der Waals surface area contributed by atoms with E-state index in [2.05, 4.69) is 5.32 Å². The first-order valence-corrected chi connectivity index (χ1v) is 6.83. The first-order chi connectivity index (χ1) is 9.54. The Balaban J connectivity index is 2.27. The lowest BCUT2D eigenvalue weighted by molar-refractivity contribution is -0.126. The van der Waals surface area contributed by atoms with Gasteiger partial charge in [0.1, 0.15) is 11.9 Å². The number of nitrogens with zero attached hydrogens (tertiary/aromatic N) is 1. The third kappa shape index (κ3) is 2.81. The van der Waals surface area contributed by atoms with Crippen LogP contribution in [0, 0.1) is 12.7 Å². The van der Waals surface area contributed by atoms with Crippen molar-refractivity contribution in [2.45, 2.75) is 32.2 Å². The van der Waals surface area contributed by atoms with Crippen LogP contribution < -0.4 is 5.32 Å². The molecule has 1 unspecified atom stereocenters.